The molecule has 26 heavy (non-hydrogen) atoms. The Hall–Kier alpha value is -2.41. The molecule has 0 spiro atoms. The first kappa shape index (κ1) is 17.0. The standard InChI is InChI=1S/C19H25N5O2/c1-26-18-17(6-5-7-21-18)19(25)23-12-15-10-20-14-24(15)16(13-23)11-22-8-3-2-4-9-22/h5-7,10,14,16H,2-4,8-9,11-13H2,1H3. The second kappa shape index (κ2) is 7.45. The number of hydrogen-bond donors (Lipinski definition) is 0. The minimum Gasteiger partial charge on any atom is -0.480 e. The smallest absolute Gasteiger partial charge is 0.259 e. The Morgan fingerprint density at radius 3 is 2.96 bits per heavy atom. The van der Waals surface area contributed by atoms with Crippen molar-refractivity contribution in [3.63, 3.8) is 0 Å². The fourth-order valence-corrected chi connectivity index (χ4v) is 4.01. The number of imidazole rings is 1. The van der Waals surface area contributed by atoms with Gasteiger partial charge in [0, 0.05) is 25.5 Å². The number of carbonyl (C=O) groups is 1. The molecule has 1 atom stereocenters. The summed E-state index contributed by atoms with van der Waals surface area (Å²) in [5, 5.41) is 0. The van der Waals surface area contributed by atoms with E-state index in [0.29, 0.717) is 24.5 Å². The van der Waals surface area contributed by atoms with Gasteiger partial charge in [0.15, 0.2) is 0 Å². The van der Waals surface area contributed by atoms with E-state index < -0.39 is 0 Å². The van der Waals surface area contributed by atoms with Crippen molar-refractivity contribution in [1.82, 2.24) is 24.3 Å². The Morgan fingerprint density at radius 2 is 2.15 bits per heavy atom. The molecule has 4 heterocycles. The Morgan fingerprint density at radius 1 is 1.31 bits per heavy atom. The van der Waals surface area contributed by atoms with E-state index in [1.165, 1.54) is 19.3 Å². The number of piperidine rings is 1. The maximum absolute atomic E-state index is 13.1. The van der Waals surface area contributed by atoms with Gasteiger partial charge < -0.3 is 19.1 Å². The molecule has 0 saturated carbocycles. The van der Waals surface area contributed by atoms with Gasteiger partial charge in [-0.3, -0.25) is 4.79 Å². The summed E-state index contributed by atoms with van der Waals surface area (Å²) in [4.78, 5) is 26.0. The number of amides is 1. The quantitative estimate of drug-likeness (QED) is 0.839. The van der Waals surface area contributed by atoms with Crippen LogP contribution in [-0.4, -0.2) is 63.5 Å². The van der Waals surface area contributed by atoms with Gasteiger partial charge in [-0.2, -0.15) is 0 Å². The van der Waals surface area contributed by atoms with Crippen molar-refractivity contribution in [2.75, 3.05) is 33.3 Å². The number of ether oxygens (including phenoxy) is 1. The highest BCUT2D eigenvalue weighted by Gasteiger charge is 2.31. The molecule has 7 heteroatoms. The van der Waals surface area contributed by atoms with Gasteiger partial charge in [-0.15, -0.1) is 0 Å². The highest BCUT2D eigenvalue weighted by Crippen LogP contribution is 2.26. The molecule has 2 aliphatic heterocycles. The third-order valence-electron chi connectivity index (χ3n) is 5.32. The highest BCUT2D eigenvalue weighted by atomic mass is 16.5. The average Bonchev–Trinajstić information content (AvgIpc) is 3.17. The molecule has 4 rings (SSSR count). The molecule has 1 saturated heterocycles. The normalized spacial score (nSPS) is 20.7. The van der Waals surface area contributed by atoms with Gasteiger partial charge in [0.05, 0.1) is 31.7 Å². The molecule has 7 nitrogen and oxygen atoms in total. The van der Waals surface area contributed by atoms with Crippen LogP contribution < -0.4 is 4.74 Å². The molecule has 0 N–H and O–H groups in total. The van der Waals surface area contributed by atoms with Crippen molar-refractivity contribution >= 4 is 5.91 Å². The molecule has 0 aromatic carbocycles. The lowest BCUT2D eigenvalue weighted by molar-refractivity contribution is 0.0641. The van der Waals surface area contributed by atoms with Gasteiger partial charge in [-0.1, -0.05) is 6.42 Å². The van der Waals surface area contributed by atoms with Crippen LogP contribution in [0, 0.1) is 0 Å². The maximum Gasteiger partial charge on any atom is 0.259 e. The van der Waals surface area contributed by atoms with Gasteiger partial charge in [0.1, 0.15) is 5.56 Å². The number of pyridine rings is 1. The Bertz CT molecular complexity index is 769. The zero-order chi connectivity index (χ0) is 17.9. The number of carbonyl (C=O) groups excluding carboxylic acids is 1. The largest absolute Gasteiger partial charge is 0.480 e. The molecule has 1 unspecified atom stereocenters. The number of likely N-dealkylation sites (tertiary alicyclic amines) is 1. The minimum absolute atomic E-state index is 0.0361. The predicted octanol–water partition coefficient (Wildman–Crippen LogP) is 1.97. The minimum atomic E-state index is -0.0361. The van der Waals surface area contributed by atoms with Crippen molar-refractivity contribution in [2.45, 2.75) is 31.8 Å². The molecule has 0 aliphatic carbocycles. The Balaban J connectivity index is 1.55. The molecule has 2 aromatic heterocycles. The first-order valence-corrected chi connectivity index (χ1v) is 9.27. The molecular weight excluding hydrogens is 330 g/mol. The van der Waals surface area contributed by atoms with Crippen molar-refractivity contribution in [3.05, 3.63) is 42.1 Å². The van der Waals surface area contributed by atoms with Gasteiger partial charge in [0.2, 0.25) is 5.88 Å². The second-order valence-corrected chi connectivity index (χ2v) is 7.05. The van der Waals surface area contributed by atoms with Crippen LogP contribution in [0.4, 0.5) is 0 Å². The van der Waals surface area contributed by atoms with E-state index in [1.807, 2.05) is 17.4 Å². The molecule has 0 radical (unpaired) electrons. The van der Waals surface area contributed by atoms with Crippen LogP contribution in [0.2, 0.25) is 0 Å². The van der Waals surface area contributed by atoms with E-state index in [2.05, 4.69) is 19.4 Å². The summed E-state index contributed by atoms with van der Waals surface area (Å²) in [6.45, 7) is 4.48. The third-order valence-corrected chi connectivity index (χ3v) is 5.32. The van der Waals surface area contributed by atoms with Crippen LogP contribution in [0.5, 0.6) is 5.88 Å². The van der Waals surface area contributed by atoms with E-state index in [9.17, 15) is 4.79 Å². The van der Waals surface area contributed by atoms with Crippen molar-refractivity contribution < 1.29 is 9.53 Å². The number of hydrogen-bond acceptors (Lipinski definition) is 5. The summed E-state index contributed by atoms with van der Waals surface area (Å²) in [6, 6.07) is 3.78. The lowest BCUT2D eigenvalue weighted by Crippen LogP contribution is -2.45. The van der Waals surface area contributed by atoms with Crippen LogP contribution in [0.25, 0.3) is 0 Å². The number of methoxy groups -OCH3 is 1. The van der Waals surface area contributed by atoms with Crippen molar-refractivity contribution in [3.8, 4) is 5.88 Å². The molecule has 2 aromatic rings. The summed E-state index contributed by atoms with van der Waals surface area (Å²) >= 11 is 0. The molecule has 138 valence electrons. The average molecular weight is 355 g/mol. The number of aromatic nitrogens is 3. The number of nitrogens with zero attached hydrogens (tertiary/aromatic N) is 5. The van der Waals surface area contributed by atoms with Gasteiger partial charge in [-0.05, 0) is 38.1 Å². The van der Waals surface area contributed by atoms with E-state index in [4.69, 9.17) is 4.74 Å². The SMILES string of the molecule is COc1ncccc1C(=O)N1Cc2cncn2C(CN2CCCCC2)C1. The van der Waals surface area contributed by atoms with Crippen LogP contribution in [-0.2, 0) is 6.54 Å². The Labute approximate surface area is 153 Å². The summed E-state index contributed by atoms with van der Waals surface area (Å²) in [5.74, 6) is 0.343. The molecular formula is C19H25N5O2. The summed E-state index contributed by atoms with van der Waals surface area (Å²) in [7, 11) is 1.55. The van der Waals surface area contributed by atoms with E-state index in [-0.39, 0.29) is 11.9 Å². The van der Waals surface area contributed by atoms with Crippen LogP contribution in [0.15, 0.2) is 30.9 Å². The van der Waals surface area contributed by atoms with Gasteiger partial charge in [-0.25, -0.2) is 9.97 Å². The monoisotopic (exact) mass is 355 g/mol. The first-order valence-electron chi connectivity index (χ1n) is 9.27. The summed E-state index contributed by atoms with van der Waals surface area (Å²) < 4.78 is 7.51. The predicted molar refractivity (Wildman–Crippen MR) is 97.1 cm³/mol. The molecule has 2 aliphatic rings. The highest BCUT2D eigenvalue weighted by molar-refractivity contribution is 5.96. The number of fused-ring (bicyclic) bond motifs is 1. The van der Waals surface area contributed by atoms with Crippen LogP contribution >= 0.6 is 0 Å². The molecule has 0 bridgehead atoms. The van der Waals surface area contributed by atoms with Crippen LogP contribution in [0.3, 0.4) is 0 Å². The molecule has 1 fully saturated rings. The van der Waals surface area contributed by atoms with E-state index in [1.54, 1.807) is 25.4 Å². The second-order valence-electron chi connectivity index (χ2n) is 7.05. The van der Waals surface area contributed by atoms with Crippen LogP contribution in [0.1, 0.15) is 41.4 Å². The summed E-state index contributed by atoms with van der Waals surface area (Å²) in [5.41, 5.74) is 1.59. The lowest BCUT2D eigenvalue weighted by atomic mass is 10.1. The Kier molecular flexibility index (Phi) is 4.88. The van der Waals surface area contributed by atoms with Gasteiger partial charge in [0.25, 0.3) is 5.91 Å². The van der Waals surface area contributed by atoms with Gasteiger partial charge >= 0.3 is 0 Å². The zero-order valence-electron chi connectivity index (χ0n) is 15.2. The fourth-order valence-electron chi connectivity index (χ4n) is 4.01. The molecule has 1 amide bonds. The third kappa shape index (κ3) is 3.31. The number of rotatable bonds is 4. The zero-order valence-corrected chi connectivity index (χ0v) is 15.2. The first-order chi connectivity index (χ1) is 12.8. The van der Waals surface area contributed by atoms with Crippen molar-refractivity contribution in [2.24, 2.45) is 0 Å². The lowest BCUT2D eigenvalue weighted by Gasteiger charge is -2.38. The van der Waals surface area contributed by atoms with Crippen molar-refractivity contribution in [1.29, 1.82) is 0 Å². The van der Waals surface area contributed by atoms with E-state index >= 15 is 0 Å². The topological polar surface area (TPSA) is 63.5 Å². The summed E-state index contributed by atoms with van der Waals surface area (Å²) in [6.07, 6.45) is 9.25. The fraction of sp³-hybridized carbons (Fsp3) is 0.526. The van der Waals surface area contributed by atoms with E-state index in [0.717, 1.165) is 25.3 Å². The maximum atomic E-state index is 13.1.